The molecule has 0 fully saturated rings. The maximum absolute atomic E-state index is 11.7. The number of ketones is 1. The molecule has 4 aromatic rings. The maximum atomic E-state index is 11.7. The van der Waals surface area contributed by atoms with Gasteiger partial charge < -0.3 is 5.11 Å². The van der Waals surface area contributed by atoms with Crippen molar-refractivity contribution in [1.29, 1.82) is 0 Å². The van der Waals surface area contributed by atoms with Crippen molar-refractivity contribution in [3.05, 3.63) is 89.7 Å². The standard InChI is InChI=1S/C21H14N.C13H24O2.CH4.Ir/c1-2-8-17-14(5-1)6-3-9-18(17)20-13-16-12-11-15-7-4-10-19(22-20)21(15)16;1-5-10(6-2)12(14)9-13(15)11(7-3)8-4;;/h1-8,10,13H,11-12H2;9-11,14H,5-8H2,1-4H3;1H4;/q-1;;;. The van der Waals surface area contributed by atoms with Crippen LogP contribution in [-0.2, 0) is 37.7 Å². The van der Waals surface area contributed by atoms with E-state index in [-0.39, 0.29) is 50.9 Å². The molecule has 39 heavy (non-hydrogen) atoms. The quantitative estimate of drug-likeness (QED) is 0.113. The molecule has 1 N–H and O–H groups in total. The van der Waals surface area contributed by atoms with E-state index in [9.17, 15) is 9.90 Å². The van der Waals surface area contributed by atoms with E-state index in [0.29, 0.717) is 0 Å². The minimum atomic E-state index is 0. The van der Waals surface area contributed by atoms with Crippen molar-refractivity contribution in [2.45, 2.75) is 73.6 Å². The topological polar surface area (TPSA) is 50.2 Å². The molecule has 0 saturated carbocycles. The zero-order chi connectivity index (χ0) is 26.4. The number of benzene rings is 3. The number of hydrogen-bond acceptors (Lipinski definition) is 3. The third-order valence-electron chi connectivity index (χ3n) is 7.72. The van der Waals surface area contributed by atoms with Crippen molar-refractivity contribution in [1.82, 2.24) is 4.98 Å². The van der Waals surface area contributed by atoms with Gasteiger partial charge in [0.1, 0.15) is 0 Å². The molecule has 0 amide bonds. The van der Waals surface area contributed by atoms with Crippen molar-refractivity contribution >= 4 is 27.5 Å². The summed E-state index contributed by atoms with van der Waals surface area (Å²) in [5, 5.41) is 13.6. The van der Waals surface area contributed by atoms with E-state index in [1.54, 1.807) is 0 Å². The number of rotatable bonds is 8. The zero-order valence-corrected chi connectivity index (χ0v) is 25.3. The number of hydrogen-bond donors (Lipinski definition) is 1. The van der Waals surface area contributed by atoms with Crippen LogP contribution in [0.3, 0.4) is 0 Å². The van der Waals surface area contributed by atoms with Gasteiger partial charge >= 0.3 is 0 Å². The van der Waals surface area contributed by atoms with Crippen LogP contribution in [0, 0.1) is 17.9 Å². The van der Waals surface area contributed by atoms with Crippen molar-refractivity contribution in [3.8, 4) is 11.3 Å². The molecular formula is C35H42IrNO2-. The number of aryl methyl sites for hydroxylation is 2. The van der Waals surface area contributed by atoms with Crippen LogP contribution in [0.1, 0.15) is 71.9 Å². The average molecular weight is 701 g/mol. The van der Waals surface area contributed by atoms with Gasteiger partial charge in [-0.3, -0.25) is 9.78 Å². The predicted molar refractivity (Wildman–Crippen MR) is 162 cm³/mol. The number of aromatic nitrogens is 1. The Hall–Kier alpha value is -2.81. The summed E-state index contributed by atoms with van der Waals surface area (Å²) in [6, 6.07) is 24.7. The van der Waals surface area contributed by atoms with Crippen molar-refractivity contribution in [2.75, 3.05) is 0 Å². The predicted octanol–water partition coefficient (Wildman–Crippen LogP) is 9.46. The largest absolute Gasteiger partial charge is 0.512 e. The molecule has 1 radical (unpaired) electrons. The van der Waals surface area contributed by atoms with Gasteiger partial charge in [0.25, 0.3) is 0 Å². The van der Waals surface area contributed by atoms with Gasteiger partial charge in [0.2, 0.25) is 0 Å². The summed E-state index contributed by atoms with van der Waals surface area (Å²) in [6.07, 6.45) is 7.16. The normalized spacial score (nSPS) is 12.2. The summed E-state index contributed by atoms with van der Waals surface area (Å²) in [5.74, 6) is 0.547. The molecule has 0 saturated heterocycles. The van der Waals surface area contributed by atoms with Crippen LogP contribution in [0.25, 0.3) is 32.9 Å². The number of aliphatic hydroxyl groups is 1. The summed E-state index contributed by atoms with van der Waals surface area (Å²) in [6.45, 7) is 8.07. The first-order valence-corrected chi connectivity index (χ1v) is 13.8. The Bertz CT molecular complexity index is 1410. The second kappa shape index (κ2) is 15.1. The second-order valence-corrected chi connectivity index (χ2v) is 9.92. The van der Waals surface area contributed by atoms with Gasteiger partial charge in [0, 0.05) is 43.4 Å². The summed E-state index contributed by atoms with van der Waals surface area (Å²) in [4.78, 5) is 16.6. The molecule has 1 aromatic heterocycles. The molecular weight excluding hydrogens is 659 g/mol. The van der Waals surface area contributed by atoms with Crippen molar-refractivity contribution < 1.29 is 30.0 Å². The van der Waals surface area contributed by atoms with E-state index in [2.05, 4.69) is 60.7 Å². The SMILES string of the molecule is C.CCC(CC)C(=O)C=C(O)C(CC)CC.[Ir].[c-]1ccc2ccccc2c1-c1cc2c3c(cccc3n1)CC2. The molecule has 1 aliphatic rings. The smallest absolute Gasteiger partial charge is 0.162 e. The van der Waals surface area contributed by atoms with Crippen LogP contribution < -0.4 is 0 Å². The number of nitrogens with zero attached hydrogens (tertiary/aromatic N) is 1. The molecule has 0 spiro atoms. The van der Waals surface area contributed by atoms with Gasteiger partial charge in [-0.2, -0.15) is 0 Å². The van der Waals surface area contributed by atoms with E-state index in [1.165, 1.54) is 33.4 Å². The number of allylic oxidation sites excluding steroid dienone is 2. The van der Waals surface area contributed by atoms with Crippen LogP contribution in [0.15, 0.2) is 72.5 Å². The van der Waals surface area contributed by atoms with Crippen LogP contribution in [-0.4, -0.2) is 15.9 Å². The molecule has 3 nitrogen and oxygen atoms in total. The van der Waals surface area contributed by atoms with Crippen molar-refractivity contribution in [3.63, 3.8) is 0 Å². The van der Waals surface area contributed by atoms with E-state index in [4.69, 9.17) is 4.98 Å². The van der Waals surface area contributed by atoms with Gasteiger partial charge in [-0.1, -0.05) is 83.0 Å². The van der Waals surface area contributed by atoms with Gasteiger partial charge in [0.15, 0.2) is 5.78 Å². The fraction of sp³-hybridized carbons (Fsp3) is 0.371. The van der Waals surface area contributed by atoms with Gasteiger partial charge in [-0.15, -0.1) is 29.1 Å². The Labute approximate surface area is 248 Å². The first-order valence-electron chi connectivity index (χ1n) is 13.8. The van der Waals surface area contributed by atoms with E-state index < -0.39 is 0 Å². The number of aliphatic hydroxyl groups excluding tert-OH is 1. The second-order valence-electron chi connectivity index (χ2n) is 9.92. The summed E-state index contributed by atoms with van der Waals surface area (Å²) in [7, 11) is 0. The molecule has 0 unspecified atom stereocenters. The van der Waals surface area contributed by atoms with E-state index in [1.807, 2.05) is 33.8 Å². The number of carbonyl (C=O) groups is 1. The van der Waals surface area contributed by atoms with Crippen LogP contribution in [0.5, 0.6) is 0 Å². The molecule has 209 valence electrons. The number of fused-ring (bicyclic) bond motifs is 1. The Balaban J connectivity index is 0.000000282. The number of pyridine rings is 1. The third-order valence-corrected chi connectivity index (χ3v) is 7.72. The summed E-state index contributed by atoms with van der Waals surface area (Å²) < 4.78 is 0. The van der Waals surface area contributed by atoms with E-state index >= 15 is 0 Å². The Morgan fingerprint density at radius 3 is 2.28 bits per heavy atom. The third kappa shape index (κ3) is 7.24. The maximum Gasteiger partial charge on any atom is 0.162 e. The fourth-order valence-corrected chi connectivity index (χ4v) is 5.41. The molecule has 0 bridgehead atoms. The summed E-state index contributed by atoms with van der Waals surface area (Å²) in [5.41, 5.74) is 6.13. The van der Waals surface area contributed by atoms with Gasteiger partial charge in [-0.05, 0) is 61.4 Å². The molecule has 0 atom stereocenters. The van der Waals surface area contributed by atoms with Crippen molar-refractivity contribution in [2.24, 2.45) is 11.8 Å². The zero-order valence-electron chi connectivity index (χ0n) is 22.9. The molecule has 3 aromatic carbocycles. The minimum absolute atomic E-state index is 0. The first kappa shape index (κ1) is 32.4. The molecule has 1 heterocycles. The van der Waals surface area contributed by atoms with Gasteiger partial charge in [0.05, 0.1) is 11.3 Å². The molecule has 0 aliphatic heterocycles. The first-order chi connectivity index (χ1) is 18.0. The molecule has 5 rings (SSSR count). The Morgan fingerprint density at radius 2 is 1.59 bits per heavy atom. The monoisotopic (exact) mass is 701 g/mol. The Kier molecular flexibility index (Phi) is 12.5. The van der Waals surface area contributed by atoms with Crippen LogP contribution in [0.2, 0.25) is 0 Å². The summed E-state index contributed by atoms with van der Waals surface area (Å²) >= 11 is 0. The molecule has 1 aliphatic carbocycles. The molecule has 4 heteroatoms. The fourth-order valence-electron chi connectivity index (χ4n) is 5.41. The van der Waals surface area contributed by atoms with E-state index in [0.717, 1.165) is 55.3 Å². The number of carbonyl (C=O) groups excluding carboxylic acids is 1. The Morgan fingerprint density at radius 1 is 0.923 bits per heavy atom. The van der Waals surface area contributed by atoms with Crippen LogP contribution >= 0.6 is 0 Å². The van der Waals surface area contributed by atoms with Crippen LogP contribution in [0.4, 0.5) is 0 Å². The minimum Gasteiger partial charge on any atom is -0.512 e. The van der Waals surface area contributed by atoms with Gasteiger partial charge in [-0.25, -0.2) is 0 Å². The average Bonchev–Trinajstić information content (AvgIpc) is 3.34.